The van der Waals surface area contributed by atoms with E-state index in [1.54, 1.807) is 6.92 Å². The van der Waals surface area contributed by atoms with Gasteiger partial charge in [-0.15, -0.1) is 0 Å². The first-order chi connectivity index (χ1) is 9.08. The van der Waals surface area contributed by atoms with Gasteiger partial charge in [0.2, 0.25) is 0 Å². The van der Waals surface area contributed by atoms with Crippen molar-refractivity contribution in [2.75, 3.05) is 5.32 Å². The molecule has 0 amide bonds. The molecule has 2 nitrogen and oxygen atoms in total. The van der Waals surface area contributed by atoms with E-state index in [0.717, 1.165) is 21.3 Å². The summed E-state index contributed by atoms with van der Waals surface area (Å²) < 4.78 is 0.891. The minimum atomic E-state index is -0.489. The number of anilines is 1. The third-order valence-corrected chi connectivity index (χ3v) is 4.11. The first-order valence-corrected chi connectivity index (χ1v) is 7.20. The van der Waals surface area contributed by atoms with Crippen LogP contribution in [0.2, 0.25) is 5.02 Å². The molecule has 0 radical (unpaired) electrons. The van der Waals surface area contributed by atoms with E-state index < -0.39 is 6.10 Å². The lowest BCUT2D eigenvalue weighted by atomic mass is 10.1. The van der Waals surface area contributed by atoms with Crippen LogP contribution in [0.15, 0.2) is 46.9 Å². The molecular formula is C15H15BrClNO. The summed E-state index contributed by atoms with van der Waals surface area (Å²) in [6.07, 6.45) is -0.489. The molecule has 4 heteroatoms. The van der Waals surface area contributed by atoms with Crippen molar-refractivity contribution in [3.63, 3.8) is 0 Å². The molecule has 0 saturated carbocycles. The Morgan fingerprint density at radius 1 is 1.26 bits per heavy atom. The molecule has 2 aromatic carbocycles. The molecule has 0 aliphatic carbocycles. The molecule has 0 heterocycles. The molecule has 0 saturated heterocycles. The van der Waals surface area contributed by atoms with E-state index in [2.05, 4.69) is 21.2 Å². The van der Waals surface area contributed by atoms with Crippen molar-refractivity contribution < 1.29 is 5.11 Å². The van der Waals surface area contributed by atoms with Crippen molar-refractivity contribution in [1.82, 2.24) is 0 Å². The summed E-state index contributed by atoms with van der Waals surface area (Å²) in [7, 11) is 0. The molecule has 0 fully saturated rings. The van der Waals surface area contributed by atoms with Gasteiger partial charge in [0.1, 0.15) is 0 Å². The highest BCUT2D eigenvalue weighted by atomic mass is 79.9. The molecule has 0 aromatic heterocycles. The Morgan fingerprint density at radius 2 is 2.00 bits per heavy atom. The fourth-order valence-corrected chi connectivity index (χ4v) is 2.32. The topological polar surface area (TPSA) is 32.3 Å². The molecule has 19 heavy (non-hydrogen) atoms. The Labute approximate surface area is 126 Å². The van der Waals surface area contributed by atoms with Gasteiger partial charge in [0.05, 0.1) is 11.1 Å². The maximum atomic E-state index is 9.71. The van der Waals surface area contributed by atoms with Gasteiger partial charge in [-0.1, -0.05) is 35.9 Å². The predicted molar refractivity (Wildman–Crippen MR) is 83.6 cm³/mol. The second kappa shape index (κ2) is 6.42. The van der Waals surface area contributed by atoms with Crippen molar-refractivity contribution in [3.05, 3.63) is 63.1 Å². The first-order valence-electron chi connectivity index (χ1n) is 6.02. The first kappa shape index (κ1) is 14.4. The Hall–Kier alpha value is -1.03. The van der Waals surface area contributed by atoms with E-state index in [1.807, 2.05) is 42.5 Å². The van der Waals surface area contributed by atoms with Gasteiger partial charge in [0.15, 0.2) is 0 Å². The quantitative estimate of drug-likeness (QED) is 0.840. The summed E-state index contributed by atoms with van der Waals surface area (Å²) in [5, 5.41) is 13.7. The van der Waals surface area contributed by atoms with Crippen molar-refractivity contribution in [3.8, 4) is 0 Å². The maximum Gasteiger partial charge on any atom is 0.0781 e. The summed E-state index contributed by atoms with van der Waals surface area (Å²) in [6.45, 7) is 2.42. The number of aliphatic hydroxyl groups excluding tert-OH is 1. The van der Waals surface area contributed by atoms with Crippen LogP contribution >= 0.6 is 27.5 Å². The molecule has 0 spiro atoms. The van der Waals surface area contributed by atoms with Crippen LogP contribution in [-0.2, 0) is 6.54 Å². The van der Waals surface area contributed by atoms with Crippen LogP contribution in [0.1, 0.15) is 24.2 Å². The average Bonchev–Trinajstić information content (AvgIpc) is 2.40. The zero-order valence-electron chi connectivity index (χ0n) is 10.5. The number of rotatable bonds is 4. The van der Waals surface area contributed by atoms with Crippen LogP contribution < -0.4 is 5.32 Å². The smallest absolute Gasteiger partial charge is 0.0781 e. The van der Waals surface area contributed by atoms with Gasteiger partial charge < -0.3 is 10.4 Å². The van der Waals surface area contributed by atoms with Crippen LogP contribution in [0, 0.1) is 0 Å². The molecule has 1 atom stereocenters. The lowest BCUT2D eigenvalue weighted by Crippen LogP contribution is -2.04. The van der Waals surface area contributed by atoms with Crippen molar-refractivity contribution in [2.45, 2.75) is 19.6 Å². The molecule has 1 unspecified atom stereocenters. The maximum absolute atomic E-state index is 9.71. The molecule has 0 aliphatic heterocycles. The second-order valence-corrected chi connectivity index (χ2v) is 5.63. The third kappa shape index (κ3) is 3.72. The summed E-state index contributed by atoms with van der Waals surface area (Å²) in [4.78, 5) is 0. The number of hydrogen-bond acceptors (Lipinski definition) is 2. The number of hydrogen-bond donors (Lipinski definition) is 2. The third-order valence-electron chi connectivity index (χ3n) is 2.88. The fraction of sp³-hybridized carbons (Fsp3) is 0.200. The van der Waals surface area contributed by atoms with E-state index in [0.29, 0.717) is 11.6 Å². The van der Waals surface area contributed by atoms with E-state index in [-0.39, 0.29) is 0 Å². The molecule has 100 valence electrons. The van der Waals surface area contributed by atoms with Gasteiger partial charge in [0, 0.05) is 22.3 Å². The zero-order valence-corrected chi connectivity index (χ0v) is 12.9. The number of nitrogens with one attached hydrogen (secondary N) is 1. The fourth-order valence-electron chi connectivity index (χ4n) is 1.87. The van der Waals surface area contributed by atoms with Gasteiger partial charge in [-0.2, -0.15) is 0 Å². The normalized spacial score (nSPS) is 12.2. The highest BCUT2D eigenvalue weighted by molar-refractivity contribution is 9.10. The Balaban J connectivity index is 2.12. The van der Waals surface area contributed by atoms with Crippen molar-refractivity contribution in [1.29, 1.82) is 0 Å². The molecular weight excluding hydrogens is 326 g/mol. The Morgan fingerprint density at radius 3 is 2.68 bits per heavy atom. The number of aliphatic hydroxyl groups is 1. The number of benzene rings is 2. The lowest BCUT2D eigenvalue weighted by molar-refractivity contribution is 0.200. The Bertz CT molecular complexity index is 572. The Kier molecular flexibility index (Phi) is 4.86. The molecule has 2 aromatic rings. The lowest BCUT2D eigenvalue weighted by Gasteiger charge is -2.14. The zero-order chi connectivity index (χ0) is 13.8. The van der Waals surface area contributed by atoms with Crippen molar-refractivity contribution in [2.24, 2.45) is 0 Å². The molecule has 2 N–H and O–H groups in total. The minimum Gasteiger partial charge on any atom is -0.389 e. The van der Waals surface area contributed by atoms with Gasteiger partial charge >= 0.3 is 0 Å². The minimum absolute atomic E-state index is 0.489. The van der Waals surface area contributed by atoms with Gasteiger partial charge in [-0.05, 0) is 46.6 Å². The monoisotopic (exact) mass is 339 g/mol. The van der Waals surface area contributed by atoms with E-state index in [1.165, 1.54) is 0 Å². The molecule has 2 rings (SSSR count). The molecule has 0 bridgehead atoms. The average molecular weight is 341 g/mol. The van der Waals surface area contributed by atoms with Gasteiger partial charge in [0.25, 0.3) is 0 Å². The summed E-state index contributed by atoms with van der Waals surface area (Å²) in [5.74, 6) is 0. The largest absolute Gasteiger partial charge is 0.389 e. The van der Waals surface area contributed by atoms with E-state index >= 15 is 0 Å². The van der Waals surface area contributed by atoms with Crippen LogP contribution in [0.5, 0.6) is 0 Å². The SMILES string of the molecule is CC(O)c1ccccc1NCc1ccc(Br)c(Cl)c1. The van der Waals surface area contributed by atoms with Gasteiger partial charge in [-0.3, -0.25) is 0 Å². The number of halogens is 2. The van der Waals surface area contributed by atoms with Crippen molar-refractivity contribution >= 4 is 33.2 Å². The summed E-state index contributed by atoms with van der Waals surface area (Å²) in [5.41, 5.74) is 2.93. The highest BCUT2D eigenvalue weighted by Crippen LogP contribution is 2.25. The van der Waals surface area contributed by atoms with E-state index in [9.17, 15) is 5.11 Å². The van der Waals surface area contributed by atoms with E-state index in [4.69, 9.17) is 11.6 Å². The predicted octanol–water partition coefficient (Wildman–Crippen LogP) is 4.77. The highest BCUT2D eigenvalue weighted by Gasteiger charge is 2.07. The molecule has 0 aliphatic rings. The summed E-state index contributed by atoms with van der Waals surface area (Å²) >= 11 is 9.43. The number of para-hydroxylation sites is 1. The summed E-state index contributed by atoms with van der Waals surface area (Å²) in [6, 6.07) is 13.6. The second-order valence-electron chi connectivity index (χ2n) is 4.37. The van der Waals surface area contributed by atoms with Crippen LogP contribution in [0.25, 0.3) is 0 Å². The standard InChI is InChI=1S/C15H15BrClNO/c1-10(19)12-4-2-3-5-15(12)18-9-11-6-7-13(16)14(17)8-11/h2-8,10,18-19H,9H2,1H3. The van der Waals surface area contributed by atoms with Gasteiger partial charge in [-0.25, -0.2) is 0 Å². The van der Waals surface area contributed by atoms with Crippen LogP contribution in [0.4, 0.5) is 5.69 Å². The van der Waals surface area contributed by atoms with Crippen LogP contribution in [0.3, 0.4) is 0 Å². The van der Waals surface area contributed by atoms with Crippen LogP contribution in [-0.4, -0.2) is 5.11 Å².